The van der Waals surface area contributed by atoms with E-state index in [0.29, 0.717) is 0 Å². The minimum Gasteiger partial charge on any atom is -0.419 e. The summed E-state index contributed by atoms with van der Waals surface area (Å²) in [6, 6.07) is 29.7. The molecule has 0 saturated carbocycles. The Hall–Kier alpha value is -2.23. The van der Waals surface area contributed by atoms with Crippen LogP contribution in [0.25, 0.3) is 21.5 Å². The van der Waals surface area contributed by atoms with E-state index in [4.69, 9.17) is 11.5 Å². The summed E-state index contributed by atoms with van der Waals surface area (Å²) in [7, 11) is 0. The maximum absolute atomic E-state index is 5.70. The molecule has 4 N–H and O–H groups in total. The van der Waals surface area contributed by atoms with E-state index in [1.807, 2.05) is 72.8 Å². The Balaban J connectivity index is 0.000000160. The normalized spacial score (nSPS) is 9.74. The number of nitrogen functional groups attached to an aromatic ring is 2. The molecule has 2 nitrogen and oxygen atoms in total. The van der Waals surface area contributed by atoms with Gasteiger partial charge in [-0.2, -0.15) is 36.4 Å². The molecule has 0 saturated heterocycles. The van der Waals surface area contributed by atoms with Crippen LogP contribution in [0.15, 0.2) is 72.8 Å². The van der Waals surface area contributed by atoms with Gasteiger partial charge in [0.25, 0.3) is 0 Å². The quantitative estimate of drug-likeness (QED) is 0.292. The third-order valence-electron chi connectivity index (χ3n) is 3.51. The standard InChI is InChI=1S/2C10H8N.Mg/c2*11-10-7-3-5-8-4-1-2-6-9(8)10;/h2*1-6H,11H2;/q2*-1;+2. The molecule has 0 spiro atoms. The molecule has 0 amide bonds. The van der Waals surface area contributed by atoms with Crippen LogP contribution in [0, 0.1) is 12.1 Å². The third-order valence-corrected chi connectivity index (χ3v) is 3.51. The Labute approximate surface area is 152 Å². The van der Waals surface area contributed by atoms with Gasteiger partial charge in [0.05, 0.1) is 0 Å². The van der Waals surface area contributed by atoms with Crippen molar-refractivity contribution < 1.29 is 0 Å². The van der Waals surface area contributed by atoms with Gasteiger partial charge in [0.15, 0.2) is 0 Å². The number of benzene rings is 4. The number of rotatable bonds is 0. The van der Waals surface area contributed by atoms with Crippen molar-refractivity contribution in [3.05, 3.63) is 84.9 Å². The van der Waals surface area contributed by atoms with Crippen molar-refractivity contribution in [3.8, 4) is 0 Å². The maximum Gasteiger partial charge on any atom is 2.00 e. The Bertz CT molecular complexity index is 831. The molecule has 0 atom stereocenters. The average molecular weight is 309 g/mol. The van der Waals surface area contributed by atoms with Gasteiger partial charge < -0.3 is 11.5 Å². The summed E-state index contributed by atoms with van der Waals surface area (Å²) in [6.45, 7) is 0. The first-order valence-corrected chi connectivity index (χ1v) is 7.05. The summed E-state index contributed by atoms with van der Waals surface area (Å²) in [5, 5.41) is 4.50. The molecule has 3 heteroatoms. The van der Waals surface area contributed by atoms with Crippen LogP contribution < -0.4 is 11.5 Å². The van der Waals surface area contributed by atoms with Gasteiger partial charge in [0, 0.05) is 0 Å². The Morgan fingerprint density at radius 1 is 0.565 bits per heavy atom. The van der Waals surface area contributed by atoms with Crippen LogP contribution in [0.1, 0.15) is 0 Å². The van der Waals surface area contributed by atoms with Gasteiger partial charge in [-0.25, -0.2) is 0 Å². The zero-order chi connectivity index (χ0) is 15.4. The summed E-state index contributed by atoms with van der Waals surface area (Å²) in [5.41, 5.74) is 12.9. The third kappa shape index (κ3) is 3.95. The fraction of sp³-hybridized carbons (Fsp3) is 0. The van der Waals surface area contributed by atoms with Gasteiger partial charge in [-0.15, -0.1) is 33.7 Å². The topological polar surface area (TPSA) is 52.0 Å². The second kappa shape index (κ2) is 7.86. The van der Waals surface area contributed by atoms with Crippen LogP contribution in [0.4, 0.5) is 11.4 Å². The van der Waals surface area contributed by atoms with Crippen LogP contribution in [-0.2, 0) is 0 Å². The van der Waals surface area contributed by atoms with Crippen LogP contribution in [0.3, 0.4) is 0 Å². The second-order valence-electron chi connectivity index (χ2n) is 4.96. The largest absolute Gasteiger partial charge is 2.00 e. The average Bonchev–Trinajstić information content (AvgIpc) is 2.57. The van der Waals surface area contributed by atoms with Gasteiger partial charge >= 0.3 is 23.1 Å². The van der Waals surface area contributed by atoms with Crippen molar-refractivity contribution in [3.63, 3.8) is 0 Å². The molecule has 0 aliphatic heterocycles. The molecule has 0 radical (unpaired) electrons. The number of hydrogen-bond donors (Lipinski definition) is 2. The molecule has 0 fully saturated rings. The Kier molecular flexibility index (Phi) is 5.85. The SMILES string of the molecule is Nc1[c-]ccc2ccccc12.Nc1[c-]ccc2ccccc12.[Mg+2]. The number of anilines is 2. The van der Waals surface area contributed by atoms with Crippen LogP contribution in [0.5, 0.6) is 0 Å². The molecule has 0 aromatic heterocycles. The predicted octanol–water partition coefficient (Wildman–Crippen LogP) is 4.06. The minimum atomic E-state index is 0. The maximum atomic E-state index is 5.70. The molecule has 4 rings (SSSR count). The molecule has 108 valence electrons. The van der Waals surface area contributed by atoms with Crippen molar-refractivity contribution in [1.82, 2.24) is 0 Å². The van der Waals surface area contributed by atoms with Crippen molar-refractivity contribution >= 4 is 56.0 Å². The summed E-state index contributed by atoms with van der Waals surface area (Å²) >= 11 is 0. The van der Waals surface area contributed by atoms with E-state index in [1.54, 1.807) is 0 Å². The molecule has 0 aliphatic carbocycles. The van der Waals surface area contributed by atoms with Crippen LogP contribution in [0.2, 0.25) is 0 Å². The molecular formula is C20H16MgN2. The summed E-state index contributed by atoms with van der Waals surface area (Å²) in [6.07, 6.45) is 0. The van der Waals surface area contributed by atoms with Gasteiger partial charge in [-0.05, 0) is 0 Å². The van der Waals surface area contributed by atoms with Crippen molar-refractivity contribution in [2.75, 3.05) is 11.5 Å². The van der Waals surface area contributed by atoms with Gasteiger partial charge in [-0.1, -0.05) is 47.8 Å². The van der Waals surface area contributed by atoms with Gasteiger partial charge in [-0.3, -0.25) is 0 Å². The van der Waals surface area contributed by atoms with Crippen LogP contribution in [-0.4, -0.2) is 23.1 Å². The molecule has 23 heavy (non-hydrogen) atoms. The van der Waals surface area contributed by atoms with Crippen molar-refractivity contribution in [2.45, 2.75) is 0 Å². The predicted molar refractivity (Wildman–Crippen MR) is 100 cm³/mol. The first-order chi connectivity index (χ1) is 10.8. The number of nitrogens with two attached hydrogens (primary N) is 2. The zero-order valence-electron chi connectivity index (χ0n) is 12.8. The minimum absolute atomic E-state index is 0. The van der Waals surface area contributed by atoms with E-state index in [2.05, 4.69) is 12.1 Å². The smallest absolute Gasteiger partial charge is 0.419 e. The van der Waals surface area contributed by atoms with Gasteiger partial charge in [0.1, 0.15) is 0 Å². The van der Waals surface area contributed by atoms with Crippen molar-refractivity contribution in [1.29, 1.82) is 0 Å². The molecule has 0 bridgehead atoms. The van der Waals surface area contributed by atoms with E-state index in [0.717, 1.165) is 22.1 Å². The molecule has 4 aromatic carbocycles. The molecular weight excluding hydrogens is 293 g/mol. The van der Waals surface area contributed by atoms with Crippen molar-refractivity contribution in [2.24, 2.45) is 0 Å². The first kappa shape index (κ1) is 17.1. The van der Waals surface area contributed by atoms with Crippen LogP contribution >= 0.6 is 0 Å². The Morgan fingerprint density at radius 2 is 0.957 bits per heavy atom. The van der Waals surface area contributed by atoms with Gasteiger partial charge in [0.2, 0.25) is 0 Å². The Morgan fingerprint density at radius 3 is 1.35 bits per heavy atom. The van der Waals surface area contributed by atoms with E-state index < -0.39 is 0 Å². The van der Waals surface area contributed by atoms with E-state index in [-0.39, 0.29) is 23.1 Å². The monoisotopic (exact) mass is 308 g/mol. The molecule has 0 heterocycles. The first-order valence-electron chi connectivity index (χ1n) is 7.05. The molecule has 0 unspecified atom stereocenters. The van der Waals surface area contributed by atoms with E-state index in [9.17, 15) is 0 Å². The summed E-state index contributed by atoms with van der Waals surface area (Å²) < 4.78 is 0. The zero-order valence-corrected chi connectivity index (χ0v) is 14.2. The summed E-state index contributed by atoms with van der Waals surface area (Å²) in [5.74, 6) is 0. The second-order valence-corrected chi connectivity index (χ2v) is 4.96. The number of hydrogen-bond acceptors (Lipinski definition) is 2. The molecule has 0 aliphatic rings. The van der Waals surface area contributed by atoms with E-state index >= 15 is 0 Å². The van der Waals surface area contributed by atoms with E-state index in [1.165, 1.54) is 10.8 Å². The fourth-order valence-electron chi connectivity index (χ4n) is 2.37. The fourth-order valence-corrected chi connectivity index (χ4v) is 2.37. The molecule has 4 aromatic rings. The summed E-state index contributed by atoms with van der Waals surface area (Å²) in [4.78, 5) is 0. The number of fused-ring (bicyclic) bond motifs is 2.